The van der Waals surface area contributed by atoms with E-state index in [2.05, 4.69) is 0 Å². The lowest BCUT2D eigenvalue weighted by molar-refractivity contribution is 0.273. The Morgan fingerprint density at radius 2 is 1.25 bits per heavy atom. The van der Waals surface area contributed by atoms with Crippen LogP contribution in [0.5, 0.6) is 0 Å². The van der Waals surface area contributed by atoms with E-state index in [1.807, 2.05) is 0 Å². The van der Waals surface area contributed by atoms with Crippen LogP contribution in [0, 0.1) is 0 Å². The Kier molecular flexibility index (Phi) is 3.75. The second-order valence-corrected chi connectivity index (χ2v) is 2.14. The highest BCUT2D eigenvalue weighted by atomic mass is 19.1. The standard InChI is InChI=1S/C6H12F2/c1-5(7)3-4-6(2)8/h5-6H,3-4H2,1-2H3. The third kappa shape index (κ3) is 5.86. The molecule has 2 heteroatoms. The molecule has 0 aromatic carbocycles. The smallest absolute Gasteiger partial charge is 0.0974 e. The summed E-state index contributed by atoms with van der Waals surface area (Å²) in [6.07, 6.45) is -1.02. The van der Waals surface area contributed by atoms with Gasteiger partial charge in [0.2, 0.25) is 0 Å². The van der Waals surface area contributed by atoms with Crippen LogP contribution >= 0.6 is 0 Å². The molecule has 0 fully saturated rings. The number of hydrogen-bond donors (Lipinski definition) is 0. The van der Waals surface area contributed by atoms with Gasteiger partial charge < -0.3 is 0 Å². The van der Waals surface area contributed by atoms with Crippen LogP contribution in [0.2, 0.25) is 0 Å². The fraction of sp³-hybridized carbons (Fsp3) is 1.00. The Morgan fingerprint density at radius 3 is 1.38 bits per heavy atom. The van der Waals surface area contributed by atoms with E-state index in [1.165, 1.54) is 13.8 Å². The zero-order valence-corrected chi connectivity index (χ0v) is 5.32. The largest absolute Gasteiger partial charge is 0.248 e. The molecule has 0 saturated heterocycles. The molecule has 0 bridgehead atoms. The van der Waals surface area contributed by atoms with Crippen molar-refractivity contribution in [1.29, 1.82) is 0 Å². The van der Waals surface area contributed by atoms with Crippen LogP contribution in [0.25, 0.3) is 0 Å². The molecule has 8 heavy (non-hydrogen) atoms. The van der Waals surface area contributed by atoms with Crippen LogP contribution in [0.4, 0.5) is 8.78 Å². The Hall–Kier alpha value is -0.140. The third-order valence-electron chi connectivity index (χ3n) is 0.962. The molecule has 50 valence electrons. The van der Waals surface area contributed by atoms with Crippen molar-refractivity contribution in [3.05, 3.63) is 0 Å². The van der Waals surface area contributed by atoms with E-state index in [4.69, 9.17) is 0 Å². The number of rotatable bonds is 3. The highest BCUT2D eigenvalue weighted by Gasteiger charge is 2.01. The maximum absolute atomic E-state index is 11.9. The van der Waals surface area contributed by atoms with E-state index < -0.39 is 12.3 Å². The summed E-state index contributed by atoms with van der Waals surface area (Å²) in [5.74, 6) is 0. The van der Waals surface area contributed by atoms with Gasteiger partial charge in [-0.25, -0.2) is 8.78 Å². The SMILES string of the molecule is CC(F)CCC(C)F. The summed E-state index contributed by atoms with van der Waals surface area (Å²) in [5, 5.41) is 0. The average Bonchev–Trinajstić information content (AvgIpc) is 1.61. The van der Waals surface area contributed by atoms with Crippen LogP contribution < -0.4 is 0 Å². The molecule has 2 unspecified atom stereocenters. The van der Waals surface area contributed by atoms with Gasteiger partial charge in [0.15, 0.2) is 0 Å². The molecule has 0 heterocycles. The van der Waals surface area contributed by atoms with Crippen molar-refractivity contribution in [2.45, 2.75) is 39.0 Å². The van der Waals surface area contributed by atoms with Gasteiger partial charge in [-0.1, -0.05) is 0 Å². The van der Waals surface area contributed by atoms with E-state index in [9.17, 15) is 8.78 Å². The van der Waals surface area contributed by atoms with Gasteiger partial charge in [0.05, 0.1) is 12.3 Å². The molecule has 0 aliphatic heterocycles. The van der Waals surface area contributed by atoms with Crippen molar-refractivity contribution in [1.82, 2.24) is 0 Å². The monoisotopic (exact) mass is 122 g/mol. The summed E-state index contributed by atoms with van der Waals surface area (Å²) in [6, 6.07) is 0. The van der Waals surface area contributed by atoms with Crippen molar-refractivity contribution < 1.29 is 8.78 Å². The lowest BCUT2D eigenvalue weighted by atomic mass is 10.2. The summed E-state index contributed by atoms with van der Waals surface area (Å²) >= 11 is 0. The quantitative estimate of drug-likeness (QED) is 0.539. The van der Waals surface area contributed by atoms with Crippen molar-refractivity contribution in [2.75, 3.05) is 0 Å². The third-order valence-corrected chi connectivity index (χ3v) is 0.962. The predicted molar refractivity (Wildman–Crippen MR) is 30.4 cm³/mol. The zero-order valence-electron chi connectivity index (χ0n) is 5.32. The highest BCUT2D eigenvalue weighted by molar-refractivity contribution is 4.52. The molecule has 0 nitrogen and oxygen atoms in total. The first kappa shape index (κ1) is 7.86. The molecule has 0 aromatic rings. The molecule has 0 aliphatic carbocycles. The van der Waals surface area contributed by atoms with Gasteiger partial charge >= 0.3 is 0 Å². The van der Waals surface area contributed by atoms with Gasteiger partial charge in [-0.3, -0.25) is 0 Å². The van der Waals surface area contributed by atoms with Crippen LogP contribution in [-0.2, 0) is 0 Å². The van der Waals surface area contributed by atoms with Gasteiger partial charge in [-0.2, -0.15) is 0 Å². The molecule has 0 N–H and O–H groups in total. The Labute approximate surface area is 48.9 Å². The average molecular weight is 122 g/mol. The molecule has 0 saturated carbocycles. The summed E-state index contributed by atoms with van der Waals surface area (Å²) in [7, 11) is 0. The van der Waals surface area contributed by atoms with Gasteiger partial charge in [-0.15, -0.1) is 0 Å². The second kappa shape index (κ2) is 3.81. The Bertz CT molecular complexity index is 42.5. The summed E-state index contributed by atoms with van der Waals surface area (Å²) in [6.45, 7) is 2.89. The summed E-state index contributed by atoms with van der Waals surface area (Å²) in [5.41, 5.74) is 0. The maximum Gasteiger partial charge on any atom is 0.0974 e. The molecule has 0 rings (SSSR count). The normalized spacial score (nSPS) is 18.0. The molecule has 0 aromatic heterocycles. The van der Waals surface area contributed by atoms with Gasteiger partial charge in [0.25, 0.3) is 0 Å². The minimum atomic E-state index is -0.854. The molecule has 0 spiro atoms. The molecular weight excluding hydrogens is 110 g/mol. The second-order valence-electron chi connectivity index (χ2n) is 2.14. The summed E-state index contributed by atoms with van der Waals surface area (Å²) in [4.78, 5) is 0. The Morgan fingerprint density at radius 1 is 1.00 bits per heavy atom. The fourth-order valence-electron chi connectivity index (χ4n) is 0.459. The first-order valence-electron chi connectivity index (χ1n) is 2.91. The topological polar surface area (TPSA) is 0 Å². The van der Waals surface area contributed by atoms with E-state index in [0.29, 0.717) is 12.8 Å². The van der Waals surface area contributed by atoms with Crippen LogP contribution in [0.1, 0.15) is 26.7 Å². The van der Waals surface area contributed by atoms with Crippen molar-refractivity contribution in [3.63, 3.8) is 0 Å². The minimum Gasteiger partial charge on any atom is -0.248 e. The van der Waals surface area contributed by atoms with Crippen molar-refractivity contribution in [2.24, 2.45) is 0 Å². The van der Waals surface area contributed by atoms with Crippen molar-refractivity contribution >= 4 is 0 Å². The zero-order chi connectivity index (χ0) is 6.57. The number of hydrogen-bond acceptors (Lipinski definition) is 0. The molecule has 0 aliphatic rings. The van der Waals surface area contributed by atoms with Gasteiger partial charge in [0.1, 0.15) is 0 Å². The van der Waals surface area contributed by atoms with Crippen molar-refractivity contribution in [3.8, 4) is 0 Å². The number of halogens is 2. The maximum atomic E-state index is 11.9. The fourth-order valence-corrected chi connectivity index (χ4v) is 0.459. The lowest BCUT2D eigenvalue weighted by Gasteiger charge is -2.00. The van der Waals surface area contributed by atoms with Crippen LogP contribution in [0.15, 0.2) is 0 Å². The predicted octanol–water partition coefficient (Wildman–Crippen LogP) is 2.48. The van der Waals surface area contributed by atoms with Crippen LogP contribution in [0.3, 0.4) is 0 Å². The van der Waals surface area contributed by atoms with Gasteiger partial charge in [-0.05, 0) is 26.7 Å². The minimum absolute atomic E-state index is 0.345. The molecular formula is C6H12F2. The van der Waals surface area contributed by atoms with E-state index in [0.717, 1.165) is 0 Å². The molecule has 0 amide bonds. The van der Waals surface area contributed by atoms with E-state index in [-0.39, 0.29) is 0 Å². The highest BCUT2D eigenvalue weighted by Crippen LogP contribution is 2.05. The van der Waals surface area contributed by atoms with Gasteiger partial charge in [0, 0.05) is 0 Å². The van der Waals surface area contributed by atoms with Crippen LogP contribution in [-0.4, -0.2) is 12.3 Å². The first-order chi connectivity index (χ1) is 3.63. The van der Waals surface area contributed by atoms with E-state index in [1.54, 1.807) is 0 Å². The first-order valence-corrected chi connectivity index (χ1v) is 2.91. The Balaban J connectivity index is 2.93. The molecule has 2 atom stereocenters. The molecule has 0 radical (unpaired) electrons. The number of alkyl halides is 2. The van der Waals surface area contributed by atoms with E-state index >= 15 is 0 Å². The lowest BCUT2D eigenvalue weighted by Crippen LogP contribution is -1.98. The summed E-state index contributed by atoms with van der Waals surface area (Å²) < 4.78 is 23.8.